The van der Waals surface area contributed by atoms with Gasteiger partial charge in [0.05, 0.1) is 30.4 Å². The van der Waals surface area contributed by atoms with Crippen molar-refractivity contribution in [3.63, 3.8) is 0 Å². The van der Waals surface area contributed by atoms with Gasteiger partial charge in [0.25, 0.3) is 6.43 Å². The molecule has 0 bridgehead atoms. The summed E-state index contributed by atoms with van der Waals surface area (Å²) in [5.74, 6) is 0. The fraction of sp³-hybridized carbons (Fsp3) is 0.545. The summed E-state index contributed by atoms with van der Waals surface area (Å²) in [5, 5.41) is 6.18. The predicted molar refractivity (Wildman–Crippen MR) is 63.7 cm³/mol. The molecule has 0 fully saturated rings. The average molecular weight is 245 g/mol. The Morgan fingerprint density at radius 2 is 2.00 bits per heavy atom. The van der Waals surface area contributed by atoms with Gasteiger partial charge in [-0.25, -0.2) is 8.78 Å². The molecule has 1 aromatic rings. The molecule has 0 atom stereocenters. The molecular weight excluding hydrogens is 228 g/mol. The van der Waals surface area contributed by atoms with Crippen molar-refractivity contribution in [2.45, 2.75) is 13.3 Å². The van der Waals surface area contributed by atoms with Gasteiger partial charge < -0.3 is 15.4 Å². The molecule has 0 amide bonds. The Bertz CT molecular complexity index is 323. The normalized spacial score (nSPS) is 10.6. The number of pyridine rings is 1. The summed E-state index contributed by atoms with van der Waals surface area (Å²) in [5.41, 5.74) is 1.76. The smallest absolute Gasteiger partial charge is 0.261 e. The molecule has 96 valence electrons. The van der Waals surface area contributed by atoms with Gasteiger partial charge in [-0.1, -0.05) is 0 Å². The summed E-state index contributed by atoms with van der Waals surface area (Å²) >= 11 is 0. The predicted octanol–water partition coefficient (Wildman–Crippen LogP) is 2.21. The number of hydrogen-bond donors (Lipinski definition) is 2. The maximum atomic E-state index is 11.8. The van der Waals surface area contributed by atoms with Gasteiger partial charge >= 0.3 is 0 Å². The molecule has 2 N–H and O–H groups in total. The largest absolute Gasteiger partial charge is 0.384 e. The highest BCUT2D eigenvalue weighted by molar-refractivity contribution is 5.53. The summed E-state index contributed by atoms with van der Waals surface area (Å²) in [4.78, 5) is 4.04. The molecule has 17 heavy (non-hydrogen) atoms. The molecule has 0 unspecified atom stereocenters. The van der Waals surface area contributed by atoms with E-state index < -0.39 is 13.0 Å². The lowest BCUT2D eigenvalue weighted by molar-refractivity contribution is 0.0215. The molecule has 0 aliphatic heterocycles. The molecule has 1 aromatic heterocycles. The zero-order valence-electron chi connectivity index (χ0n) is 9.75. The van der Waals surface area contributed by atoms with E-state index in [1.165, 1.54) is 0 Å². The number of alkyl halides is 2. The highest BCUT2D eigenvalue weighted by Gasteiger charge is 2.01. The van der Waals surface area contributed by atoms with Crippen molar-refractivity contribution < 1.29 is 13.5 Å². The summed E-state index contributed by atoms with van der Waals surface area (Å²) in [6.07, 6.45) is 0.990. The number of nitrogens with one attached hydrogen (secondary N) is 2. The molecule has 1 rings (SSSR count). The van der Waals surface area contributed by atoms with E-state index in [1.807, 2.05) is 13.0 Å². The standard InChI is InChI=1S/C11H17F2N3O/c1-2-15-9-5-10(7-14-6-9)16-3-4-17-8-11(12)13/h5-7,11,15-16H,2-4,8H2,1H3. The van der Waals surface area contributed by atoms with Crippen LogP contribution in [-0.2, 0) is 4.74 Å². The first-order valence-corrected chi connectivity index (χ1v) is 5.51. The Balaban J connectivity index is 2.24. The Labute approximate surface area is 99.4 Å². The highest BCUT2D eigenvalue weighted by Crippen LogP contribution is 2.12. The van der Waals surface area contributed by atoms with Crippen molar-refractivity contribution in [2.24, 2.45) is 0 Å². The van der Waals surface area contributed by atoms with E-state index in [4.69, 9.17) is 4.74 Å². The maximum absolute atomic E-state index is 11.8. The number of rotatable bonds is 8. The molecule has 0 spiro atoms. The molecule has 0 aliphatic carbocycles. The molecule has 4 nitrogen and oxygen atoms in total. The summed E-state index contributed by atoms with van der Waals surface area (Å²) in [6.45, 7) is 3.03. The minimum atomic E-state index is -2.41. The molecule has 1 heterocycles. The minimum Gasteiger partial charge on any atom is -0.384 e. The van der Waals surface area contributed by atoms with Crippen molar-refractivity contribution in [1.82, 2.24) is 4.98 Å². The van der Waals surface area contributed by atoms with Crippen LogP contribution >= 0.6 is 0 Å². The topological polar surface area (TPSA) is 46.2 Å². The summed E-state index contributed by atoms with van der Waals surface area (Å²) in [6, 6.07) is 1.91. The Hall–Kier alpha value is -1.43. The molecular formula is C11H17F2N3O. The molecule has 0 aromatic carbocycles. The fourth-order valence-electron chi connectivity index (χ4n) is 1.28. The Morgan fingerprint density at radius 3 is 2.65 bits per heavy atom. The second-order valence-corrected chi connectivity index (χ2v) is 3.39. The van der Waals surface area contributed by atoms with Crippen molar-refractivity contribution >= 4 is 11.4 Å². The van der Waals surface area contributed by atoms with Crippen LogP contribution < -0.4 is 10.6 Å². The van der Waals surface area contributed by atoms with Crippen LogP contribution in [0.1, 0.15) is 6.92 Å². The van der Waals surface area contributed by atoms with Crippen LogP contribution in [0.4, 0.5) is 20.2 Å². The van der Waals surface area contributed by atoms with Crippen LogP contribution in [0.5, 0.6) is 0 Å². The van der Waals surface area contributed by atoms with E-state index in [9.17, 15) is 8.78 Å². The molecule has 0 saturated carbocycles. The van der Waals surface area contributed by atoms with Crippen molar-refractivity contribution in [2.75, 3.05) is 36.9 Å². The van der Waals surface area contributed by atoms with Crippen LogP contribution in [0.3, 0.4) is 0 Å². The van der Waals surface area contributed by atoms with Gasteiger partial charge in [-0.15, -0.1) is 0 Å². The number of hydrogen-bond acceptors (Lipinski definition) is 4. The monoisotopic (exact) mass is 245 g/mol. The number of nitrogens with zero attached hydrogens (tertiary/aromatic N) is 1. The minimum absolute atomic E-state index is 0.246. The molecule has 0 saturated heterocycles. The first kappa shape index (κ1) is 13.6. The second-order valence-electron chi connectivity index (χ2n) is 3.39. The zero-order valence-corrected chi connectivity index (χ0v) is 9.75. The molecule has 0 aliphatic rings. The van der Waals surface area contributed by atoms with Gasteiger partial charge in [0.2, 0.25) is 0 Å². The quantitative estimate of drug-likeness (QED) is 0.689. The van der Waals surface area contributed by atoms with Gasteiger partial charge in [-0.3, -0.25) is 4.98 Å². The fourth-order valence-corrected chi connectivity index (χ4v) is 1.28. The summed E-state index contributed by atoms with van der Waals surface area (Å²) < 4.78 is 28.3. The lowest BCUT2D eigenvalue weighted by Crippen LogP contribution is -2.13. The number of anilines is 2. The lowest BCUT2D eigenvalue weighted by Gasteiger charge is -2.08. The van der Waals surface area contributed by atoms with Crippen molar-refractivity contribution in [3.05, 3.63) is 18.5 Å². The molecule has 0 radical (unpaired) electrons. The SMILES string of the molecule is CCNc1cncc(NCCOCC(F)F)c1. The van der Waals surface area contributed by atoms with E-state index in [-0.39, 0.29) is 6.61 Å². The van der Waals surface area contributed by atoms with E-state index in [0.717, 1.165) is 17.9 Å². The lowest BCUT2D eigenvalue weighted by atomic mass is 10.3. The first-order chi connectivity index (χ1) is 8.22. The van der Waals surface area contributed by atoms with Crippen LogP contribution in [-0.4, -0.2) is 37.7 Å². The van der Waals surface area contributed by atoms with Gasteiger partial charge in [0.15, 0.2) is 0 Å². The maximum Gasteiger partial charge on any atom is 0.261 e. The van der Waals surface area contributed by atoms with E-state index in [0.29, 0.717) is 6.54 Å². The first-order valence-electron chi connectivity index (χ1n) is 5.51. The van der Waals surface area contributed by atoms with Crippen LogP contribution in [0, 0.1) is 0 Å². The summed E-state index contributed by atoms with van der Waals surface area (Å²) in [7, 11) is 0. The van der Waals surface area contributed by atoms with Gasteiger partial charge in [-0.2, -0.15) is 0 Å². The third-order valence-corrected chi connectivity index (χ3v) is 1.94. The van der Waals surface area contributed by atoms with Crippen molar-refractivity contribution in [1.29, 1.82) is 0 Å². The number of aromatic nitrogens is 1. The second kappa shape index (κ2) is 7.78. The van der Waals surface area contributed by atoms with Crippen LogP contribution in [0.15, 0.2) is 18.5 Å². The van der Waals surface area contributed by atoms with E-state index in [1.54, 1.807) is 12.4 Å². The Morgan fingerprint density at radius 1 is 1.29 bits per heavy atom. The third-order valence-electron chi connectivity index (χ3n) is 1.94. The van der Waals surface area contributed by atoms with Crippen LogP contribution in [0.25, 0.3) is 0 Å². The van der Waals surface area contributed by atoms with Gasteiger partial charge in [0, 0.05) is 13.1 Å². The highest BCUT2D eigenvalue weighted by atomic mass is 19.3. The average Bonchev–Trinajstić information content (AvgIpc) is 2.29. The number of ether oxygens (including phenoxy) is 1. The van der Waals surface area contributed by atoms with E-state index in [2.05, 4.69) is 15.6 Å². The van der Waals surface area contributed by atoms with Crippen LogP contribution in [0.2, 0.25) is 0 Å². The van der Waals surface area contributed by atoms with Crippen molar-refractivity contribution in [3.8, 4) is 0 Å². The number of halogens is 2. The third kappa shape index (κ3) is 6.01. The van der Waals surface area contributed by atoms with E-state index >= 15 is 0 Å². The zero-order chi connectivity index (χ0) is 12.5. The van der Waals surface area contributed by atoms with Gasteiger partial charge in [0.1, 0.15) is 6.61 Å². The molecule has 6 heteroatoms. The van der Waals surface area contributed by atoms with Gasteiger partial charge in [-0.05, 0) is 13.0 Å². The Kier molecular flexibility index (Phi) is 6.24.